The van der Waals surface area contributed by atoms with Crippen molar-refractivity contribution in [2.45, 2.75) is 26.7 Å². The maximum atomic E-state index is 11.4. The van der Waals surface area contributed by atoms with Crippen LogP contribution in [0.15, 0.2) is 12.5 Å². The highest BCUT2D eigenvalue weighted by molar-refractivity contribution is 5.63. The molecule has 0 radical (unpaired) electrons. The number of rotatable bonds is 3. The van der Waals surface area contributed by atoms with Gasteiger partial charge in [0.25, 0.3) is 6.33 Å². The Kier molecular flexibility index (Phi) is 3.97. The van der Waals surface area contributed by atoms with E-state index in [4.69, 9.17) is 0 Å². The summed E-state index contributed by atoms with van der Waals surface area (Å²) in [4.78, 5) is 15.3. The molecular formula is C9H15N4O+. The van der Waals surface area contributed by atoms with Crippen LogP contribution in [0.25, 0.3) is 0 Å². The lowest BCUT2D eigenvalue weighted by Gasteiger charge is -1.98. The Morgan fingerprint density at radius 3 is 3.07 bits per heavy atom. The Balaban J connectivity index is 2.52. The van der Waals surface area contributed by atoms with Crippen molar-refractivity contribution in [3.8, 4) is 0 Å². The number of aromatic nitrogens is 3. The van der Waals surface area contributed by atoms with E-state index in [-0.39, 0.29) is 6.03 Å². The lowest BCUT2D eigenvalue weighted by atomic mass is 10.3. The number of aryl methyl sites for hydroxylation is 1. The van der Waals surface area contributed by atoms with Crippen LogP contribution in [0.2, 0.25) is 0 Å². The maximum absolute atomic E-state index is 11.4. The molecule has 0 aliphatic heterocycles. The predicted molar refractivity (Wildman–Crippen MR) is 50.7 cm³/mol. The lowest BCUT2D eigenvalue weighted by molar-refractivity contribution is -0.640. The maximum Gasteiger partial charge on any atom is 0.460 e. The van der Waals surface area contributed by atoms with Gasteiger partial charge in [-0.05, 0) is 13.3 Å². The summed E-state index contributed by atoms with van der Waals surface area (Å²) in [5.74, 6) is 0. The van der Waals surface area contributed by atoms with E-state index < -0.39 is 0 Å². The topological polar surface area (TPSA) is 58.8 Å². The molecule has 0 atom stereocenters. The van der Waals surface area contributed by atoms with Gasteiger partial charge in [-0.25, -0.2) is 4.79 Å². The molecule has 1 N–H and O–H groups in total. The largest absolute Gasteiger partial charge is 0.460 e. The van der Waals surface area contributed by atoms with Crippen molar-refractivity contribution in [2.75, 3.05) is 6.54 Å². The van der Waals surface area contributed by atoms with Gasteiger partial charge in [0.05, 0.1) is 6.54 Å². The molecule has 0 unspecified atom stereocenters. The number of carbonyl (C=O) groups is 1. The van der Waals surface area contributed by atoms with Crippen LogP contribution in [0, 0.1) is 6.92 Å². The molecule has 1 aromatic rings. The molecule has 0 aromatic carbocycles. The normalized spacial score (nSPS) is 9.86. The Bertz CT molecular complexity index is 313. The highest BCUT2D eigenvalue weighted by Gasteiger charge is 2.10. The van der Waals surface area contributed by atoms with Crippen LogP contribution in [0.3, 0.4) is 0 Å². The smallest absolute Gasteiger partial charge is 0.269 e. The van der Waals surface area contributed by atoms with Crippen molar-refractivity contribution >= 4 is 6.03 Å². The molecule has 1 rings (SSSR count). The zero-order valence-corrected chi connectivity index (χ0v) is 8.53. The van der Waals surface area contributed by atoms with Crippen LogP contribution in [-0.2, 0) is 0 Å². The van der Waals surface area contributed by atoms with Crippen molar-refractivity contribution in [3.05, 3.63) is 18.2 Å². The van der Waals surface area contributed by atoms with E-state index in [0.29, 0.717) is 6.54 Å². The van der Waals surface area contributed by atoms with Crippen molar-refractivity contribution in [1.29, 1.82) is 0 Å². The fraction of sp³-hybridized carbons (Fsp3) is 0.556. The van der Waals surface area contributed by atoms with Crippen molar-refractivity contribution in [2.24, 2.45) is 0 Å². The molecule has 0 bridgehead atoms. The molecule has 0 aliphatic rings. The Labute approximate surface area is 83.2 Å². The molecule has 0 spiro atoms. The van der Waals surface area contributed by atoms with Crippen LogP contribution in [0.1, 0.15) is 25.5 Å². The number of amides is 1. The van der Waals surface area contributed by atoms with E-state index in [1.807, 2.05) is 0 Å². The van der Waals surface area contributed by atoms with Gasteiger partial charge in [0.1, 0.15) is 11.9 Å². The summed E-state index contributed by atoms with van der Waals surface area (Å²) in [5, 5.41) is 6.74. The van der Waals surface area contributed by atoms with Gasteiger partial charge in [-0.1, -0.05) is 18.0 Å². The molecule has 5 heteroatoms. The zero-order valence-electron chi connectivity index (χ0n) is 8.53. The monoisotopic (exact) mass is 195 g/mol. The quantitative estimate of drug-likeness (QED) is 0.562. The summed E-state index contributed by atoms with van der Waals surface area (Å²) in [5.41, 5.74) is 0.721. The Morgan fingerprint density at radius 2 is 2.43 bits per heavy atom. The van der Waals surface area contributed by atoms with Crippen LogP contribution < -0.4 is 10.00 Å². The highest BCUT2D eigenvalue weighted by Crippen LogP contribution is 1.82. The number of carbonyl (C=O) groups excluding carboxylic acids is 1. The van der Waals surface area contributed by atoms with Gasteiger partial charge in [-0.2, -0.15) is 0 Å². The third-order valence-electron chi connectivity index (χ3n) is 1.72. The molecule has 0 fully saturated rings. The molecular weight excluding hydrogens is 180 g/mol. The first-order chi connectivity index (χ1) is 6.74. The Morgan fingerprint density at radius 1 is 1.64 bits per heavy atom. The Hall–Kier alpha value is -1.52. The first kappa shape index (κ1) is 10.6. The zero-order chi connectivity index (χ0) is 10.4. The van der Waals surface area contributed by atoms with Gasteiger partial charge in [-0.15, -0.1) is 10.1 Å². The van der Waals surface area contributed by atoms with Gasteiger partial charge in [0, 0.05) is 0 Å². The van der Waals surface area contributed by atoms with Gasteiger partial charge in [-0.3, -0.25) is 5.32 Å². The SMILES string of the molecule is CCCCNC(=O)[n+]1cncc(C)n1. The molecule has 0 saturated heterocycles. The van der Waals surface area contributed by atoms with Gasteiger partial charge < -0.3 is 0 Å². The van der Waals surface area contributed by atoms with E-state index in [2.05, 4.69) is 22.3 Å². The molecule has 1 amide bonds. The third-order valence-corrected chi connectivity index (χ3v) is 1.72. The van der Waals surface area contributed by atoms with Gasteiger partial charge in [0.2, 0.25) is 0 Å². The number of nitrogens with zero attached hydrogens (tertiary/aromatic N) is 3. The second-order valence-corrected chi connectivity index (χ2v) is 3.07. The predicted octanol–water partition coefficient (Wildman–Crippen LogP) is 0.430. The first-order valence-electron chi connectivity index (χ1n) is 4.73. The highest BCUT2D eigenvalue weighted by atomic mass is 16.2. The average Bonchev–Trinajstić information content (AvgIpc) is 2.18. The third kappa shape index (κ3) is 3.08. The summed E-state index contributed by atoms with van der Waals surface area (Å²) in [7, 11) is 0. The van der Waals surface area contributed by atoms with Gasteiger partial charge >= 0.3 is 6.03 Å². The molecule has 76 valence electrons. The summed E-state index contributed by atoms with van der Waals surface area (Å²) in [6.45, 7) is 4.55. The lowest BCUT2D eigenvalue weighted by Crippen LogP contribution is -2.53. The fourth-order valence-electron chi connectivity index (χ4n) is 0.977. The fourth-order valence-corrected chi connectivity index (χ4v) is 0.977. The average molecular weight is 195 g/mol. The minimum atomic E-state index is -0.227. The minimum Gasteiger partial charge on any atom is -0.269 e. The summed E-state index contributed by atoms with van der Waals surface area (Å²) < 4.78 is 1.21. The molecule has 0 saturated carbocycles. The summed E-state index contributed by atoms with van der Waals surface area (Å²) in [6, 6.07) is -0.227. The first-order valence-corrected chi connectivity index (χ1v) is 4.73. The van der Waals surface area contributed by atoms with Crippen molar-refractivity contribution in [1.82, 2.24) is 15.4 Å². The number of unbranched alkanes of at least 4 members (excludes halogenated alkanes) is 1. The molecule has 14 heavy (non-hydrogen) atoms. The van der Waals surface area contributed by atoms with E-state index >= 15 is 0 Å². The van der Waals surface area contributed by atoms with Crippen molar-refractivity contribution < 1.29 is 9.48 Å². The number of hydrogen-bond acceptors (Lipinski definition) is 3. The summed E-state index contributed by atoms with van der Waals surface area (Å²) >= 11 is 0. The molecule has 1 aromatic heterocycles. The van der Waals surface area contributed by atoms with Crippen LogP contribution in [-0.4, -0.2) is 22.7 Å². The van der Waals surface area contributed by atoms with Crippen molar-refractivity contribution in [3.63, 3.8) is 0 Å². The van der Waals surface area contributed by atoms with Crippen LogP contribution >= 0.6 is 0 Å². The van der Waals surface area contributed by atoms with E-state index in [9.17, 15) is 4.79 Å². The molecule has 0 aliphatic carbocycles. The number of nitrogens with one attached hydrogen (secondary N) is 1. The van der Waals surface area contributed by atoms with E-state index in [0.717, 1.165) is 18.5 Å². The van der Waals surface area contributed by atoms with Gasteiger partial charge in [0.15, 0.2) is 0 Å². The van der Waals surface area contributed by atoms with E-state index in [1.165, 1.54) is 11.0 Å². The number of hydrogen-bond donors (Lipinski definition) is 1. The summed E-state index contributed by atoms with van der Waals surface area (Å²) in [6.07, 6.45) is 5.04. The molecule has 1 heterocycles. The second kappa shape index (κ2) is 5.26. The second-order valence-electron chi connectivity index (χ2n) is 3.07. The van der Waals surface area contributed by atoms with E-state index in [1.54, 1.807) is 13.1 Å². The minimum absolute atomic E-state index is 0.227. The molecule has 5 nitrogen and oxygen atoms in total. The van der Waals surface area contributed by atoms with Crippen LogP contribution in [0.5, 0.6) is 0 Å². The standard InChI is InChI=1S/C9H14N4O/c1-3-4-5-11-9(14)13-7-10-6-8(2)12-13/h6-7H,3-5H2,1-2H3/p+1. The van der Waals surface area contributed by atoms with Crippen LogP contribution in [0.4, 0.5) is 4.79 Å².